The lowest BCUT2D eigenvalue weighted by atomic mass is 9.92. The number of aryl methyl sites for hydroxylation is 1. The molecular weight excluding hydrogens is 182 g/mol. The van der Waals surface area contributed by atoms with Crippen molar-refractivity contribution in [2.75, 3.05) is 0 Å². The maximum Gasteiger partial charge on any atom is 0.0484 e. The van der Waals surface area contributed by atoms with Gasteiger partial charge < -0.3 is 4.57 Å². The third-order valence-corrected chi connectivity index (χ3v) is 3.31. The van der Waals surface area contributed by atoms with Gasteiger partial charge in [0.15, 0.2) is 0 Å². The van der Waals surface area contributed by atoms with Crippen LogP contribution in [-0.2, 0) is 6.42 Å². The van der Waals surface area contributed by atoms with Gasteiger partial charge in [-0.3, -0.25) is 0 Å². The highest BCUT2D eigenvalue weighted by atomic mass is 15.0. The minimum atomic E-state index is 0.634. The molecule has 1 aliphatic heterocycles. The third kappa shape index (κ3) is 1.23. The van der Waals surface area contributed by atoms with Gasteiger partial charge in [0.25, 0.3) is 0 Å². The van der Waals surface area contributed by atoms with Gasteiger partial charge >= 0.3 is 0 Å². The van der Waals surface area contributed by atoms with Crippen LogP contribution in [0.2, 0.25) is 0 Å². The quantitative estimate of drug-likeness (QED) is 0.609. The third-order valence-electron chi connectivity index (χ3n) is 3.31. The molecule has 0 saturated heterocycles. The van der Waals surface area contributed by atoms with E-state index in [9.17, 15) is 0 Å². The first-order chi connectivity index (χ1) is 7.25. The summed E-state index contributed by atoms with van der Waals surface area (Å²) in [5, 5.41) is 0. The minimum Gasteiger partial charge on any atom is -0.320 e. The van der Waals surface area contributed by atoms with E-state index in [2.05, 4.69) is 54.9 Å². The van der Waals surface area contributed by atoms with Gasteiger partial charge in [0, 0.05) is 23.5 Å². The van der Waals surface area contributed by atoms with Crippen molar-refractivity contribution in [3.63, 3.8) is 0 Å². The summed E-state index contributed by atoms with van der Waals surface area (Å²) in [6.45, 7) is 4.47. The van der Waals surface area contributed by atoms with Crippen LogP contribution < -0.4 is 0 Å². The van der Waals surface area contributed by atoms with Gasteiger partial charge in [-0.05, 0) is 37.1 Å². The lowest BCUT2D eigenvalue weighted by Gasteiger charge is -2.25. The van der Waals surface area contributed by atoms with Crippen molar-refractivity contribution < 1.29 is 0 Å². The Morgan fingerprint density at radius 3 is 3.00 bits per heavy atom. The molecule has 0 radical (unpaired) electrons. The maximum absolute atomic E-state index is 2.32. The second kappa shape index (κ2) is 2.99. The lowest BCUT2D eigenvalue weighted by Crippen LogP contribution is -2.14. The van der Waals surface area contributed by atoms with Crippen LogP contribution >= 0.6 is 0 Å². The zero-order chi connectivity index (χ0) is 10.4. The van der Waals surface area contributed by atoms with Gasteiger partial charge in [-0.1, -0.05) is 24.6 Å². The predicted molar refractivity (Wildman–Crippen MR) is 62.6 cm³/mol. The van der Waals surface area contributed by atoms with Gasteiger partial charge in [-0.15, -0.1) is 0 Å². The Hall–Kier alpha value is -1.50. The van der Waals surface area contributed by atoms with Crippen molar-refractivity contribution in [1.29, 1.82) is 0 Å². The topological polar surface area (TPSA) is 4.93 Å². The molecule has 0 aliphatic carbocycles. The first kappa shape index (κ1) is 8.78. The molecule has 0 bridgehead atoms. The van der Waals surface area contributed by atoms with Crippen LogP contribution in [0.1, 0.15) is 29.7 Å². The van der Waals surface area contributed by atoms with Gasteiger partial charge in [0.05, 0.1) is 0 Å². The molecule has 3 rings (SSSR count). The molecule has 0 spiro atoms. The van der Waals surface area contributed by atoms with E-state index in [1.54, 1.807) is 0 Å². The molecule has 1 atom stereocenters. The van der Waals surface area contributed by atoms with Gasteiger partial charge in [-0.2, -0.15) is 0 Å². The fraction of sp³-hybridized carbons (Fsp3) is 0.286. The molecule has 15 heavy (non-hydrogen) atoms. The number of aromatic nitrogens is 1. The van der Waals surface area contributed by atoms with Gasteiger partial charge in [0.2, 0.25) is 0 Å². The minimum absolute atomic E-state index is 0.634. The van der Waals surface area contributed by atoms with E-state index in [1.165, 1.54) is 28.9 Å². The summed E-state index contributed by atoms with van der Waals surface area (Å²) < 4.78 is 2.32. The molecule has 0 amide bonds. The van der Waals surface area contributed by atoms with Crippen LogP contribution in [0, 0.1) is 6.92 Å². The molecule has 0 saturated carbocycles. The average molecular weight is 197 g/mol. The lowest BCUT2D eigenvalue weighted by molar-refractivity contribution is 0.674. The smallest absolute Gasteiger partial charge is 0.0484 e. The molecule has 1 aliphatic rings. The molecule has 2 heterocycles. The van der Waals surface area contributed by atoms with Crippen LogP contribution in [0.4, 0.5) is 0 Å². The molecule has 0 N–H and O–H groups in total. The second-order valence-electron chi connectivity index (χ2n) is 4.54. The van der Waals surface area contributed by atoms with Crippen molar-refractivity contribution in [2.45, 2.75) is 26.2 Å². The highest BCUT2D eigenvalue weighted by Crippen LogP contribution is 2.32. The number of hydrogen-bond acceptors (Lipinski definition) is 0. The average Bonchev–Trinajstić information content (AvgIpc) is 2.66. The highest BCUT2D eigenvalue weighted by Gasteiger charge is 2.20. The molecule has 1 nitrogen and oxygen atoms in total. The molecule has 1 aromatic carbocycles. The Kier molecular flexibility index (Phi) is 1.75. The molecule has 1 aromatic heterocycles. The van der Waals surface area contributed by atoms with Crippen LogP contribution in [0.5, 0.6) is 0 Å². The van der Waals surface area contributed by atoms with E-state index in [1.807, 2.05) is 0 Å². The predicted octanol–water partition coefficient (Wildman–Crippen LogP) is 3.45. The maximum atomic E-state index is 2.32. The monoisotopic (exact) mass is 197 g/mol. The summed E-state index contributed by atoms with van der Waals surface area (Å²) in [5.74, 6) is 0.634. The summed E-state index contributed by atoms with van der Waals surface area (Å²) in [5.41, 5.74) is 5.63. The second-order valence-corrected chi connectivity index (χ2v) is 4.54. The first-order valence-electron chi connectivity index (χ1n) is 5.53. The van der Waals surface area contributed by atoms with Crippen molar-refractivity contribution in [1.82, 2.24) is 4.57 Å². The number of fused-ring (bicyclic) bond motifs is 3. The molecule has 76 valence electrons. The number of rotatable bonds is 0. The number of nitrogens with zero attached hydrogens (tertiary/aromatic N) is 1. The number of hydrogen-bond donors (Lipinski definition) is 0. The van der Waals surface area contributed by atoms with Crippen molar-refractivity contribution in [3.8, 4) is 5.69 Å². The standard InChI is InChI=1S/C14H15N/c1-10-5-6-14-12(8-10)9-11(2)13-4-3-7-15(13)14/h3-8,11H,9H2,1-2H3. The van der Waals surface area contributed by atoms with E-state index in [0.717, 1.165) is 0 Å². The fourth-order valence-electron chi connectivity index (χ4n) is 2.56. The summed E-state index contributed by atoms with van der Waals surface area (Å²) in [4.78, 5) is 0. The normalized spacial score (nSPS) is 18.4. The molecular formula is C14H15N. The Labute approximate surface area is 90.4 Å². The Balaban J connectivity index is 2.27. The van der Waals surface area contributed by atoms with Gasteiger partial charge in [0.1, 0.15) is 0 Å². The SMILES string of the molecule is Cc1ccc2c(c1)CC(C)c1cccn1-2. The van der Waals surface area contributed by atoms with Crippen LogP contribution in [0.3, 0.4) is 0 Å². The fourth-order valence-corrected chi connectivity index (χ4v) is 2.56. The molecule has 1 unspecified atom stereocenters. The van der Waals surface area contributed by atoms with Crippen LogP contribution in [-0.4, -0.2) is 4.57 Å². The Morgan fingerprint density at radius 2 is 2.13 bits per heavy atom. The highest BCUT2D eigenvalue weighted by molar-refractivity contribution is 5.49. The molecule has 2 aromatic rings. The van der Waals surface area contributed by atoms with E-state index in [0.29, 0.717) is 5.92 Å². The zero-order valence-corrected chi connectivity index (χ0v) is 9.20. The van der Waals surface area contributed by atoms with E-state index in [-0.39, 0.29) is 0 Å². The van der Waals surface area contributed by atoms with E-state index in [4.69, 9.17) is 0 Å². The largest absolute Gasteiger partial charge is 0.320 e. The van der Waals surface area contributed by atoms with Crippen LogP contribution in [0.15, 0.2) is 36.5 Å². The van der Waals surface area contributed by atoms with E-state index < -0.39 is 0 Å². The van der Waals surface area contributed by atoms with Crippen molar-refractivity contribution in [3.05, 3.63) is 53.3 Å². The van der Waals surface area contributed by atoms with E-state index >= 15 is 0 Å². The summed E-state index contributed by atoms with van der Waals surface area (Å²) in [7, 11) is 0. The summed E-state index contributed by atoms with van der Waals surface area (Å²) in [6, 6.07) is 11.1. The summed E-state index contributed by atoms with van der Waals surface area (Å²) in [6.07, 6.45) is 3.33. The van der Waals surface area contributed by atoms with Gasteiger partial charge in [-0.25, -0.2) is 0 Å². The zero-order valence-electron chi connectivity index (χ0n) is 9.20. The van der Waals surface area contributed by atoms with Crippen molar-refractivity contribution >= 4 is 0 Å². The number of benzene rings is 1. The van der Waals surface area contributed by atoms with Crippen molar-refractivity contribution in [2.24, 2.45) is 0 Å². The van der Waals surface area contributed by atoms with Crippen LogP contribution in [0.25, 0.3) is 5.69 Å². The Bertz CT molecular complexity index is 508. The molecule has 1 heteroatoms. The first-order valence-corrected chi connectivity index (χ1v) is 5.53. The summed E-state index contributed by atoms with van der Waals surface area (Å²) >= 11 is 0. The Morgan fingerprint density at radius 1 is 1.27 bits per heavy atom. The molecule has 0 fully saturated rings.